The van der Waals surface area contributed by atoms with E-state index in [2.05, 4.69) is 25.6 Å². The van der Waals surface area contributed by atoms with E-state index in [0.717, 1.165) is 54.9 Å². The number of aryl methyl sites for hydroxylation is 2. The molecular formula is C20H25N7O. The quantitative estimate of drug-likeness (QED) is 0.614. The van der Waals surface area contributed by atoms with Crippen molar-refractivity contribution in [2.45, 2.75) is 26.2 Å². The highest BCUT2D eigenvalue weighted by molar-refractivity contribution is 5.79. The molecule has 1 amide bonds. The second-order valence-electron chi connectivity index (χ2n) is 7.10. The Labute approximate surface area is 164 Å². The zero-order chi connectivity index (χ0) is 19.5. The molecule has 1 fully saturated rings. The Hall–Kier alpha value is -3.16. The number of nitrogens with one attached hydrogen (secondary N) is 2. The number of benzene rings is 1. The first-order valence-corrected chi connectivity index (χ1v) is 9.65. The van der Waals surface area contributed by atoms with E-state index in [1.807, 2.05) is 47.7 Å². The summed E-state index contributed by atoms with van der Waals surface area (Å²) in [4.78, 5) is 27.2. The Morgan fingerprint density at radius 3 is 2.86 bits per heavy atom. The van der Waals surface area contributed by atoms with Gasteiger partial charge in [-0.25, -0.2) is 9.97 Å². The smallest absolute Gasteiger partial charge is 0.231 e. The Bertz CT molecular complexity index is 997. The van der Waals surface area contributed by atoms with Crippen LogP contribution in [0.2, 0.25) is 0 Å². The van der Waals surface area contributed by atoms with Gasteiger partial charge in [-0.3, -0.25) is 10.1 Å². The molecule has 1 aliphatic rings. The van der Waals surface area contributed by atoms with Crippen LogP contribution in [0.5, 0.6) is 0 Å². The summed E-state index contributed by atoms with van der Waals surface area (Å²) in [5.41, 5.74) is 2.95. The molecule has 3 heterocycles. The van der Waals surface area contributed by atoms with E-state index in [-0.39, 0.29) is 5.91 Å². The lowest BCUT2D eigenvalue weighted by atomic mass is 10.3. The van der Waals surface area contributed by atoms with Gasteiger partial charge >= 0.3 is 0 Å². The van der Waals surface area contributed by atoms with Crippen LogP contribution >= 0.6 is 0 Å². The van der Waals surface area contributed by atoms with Crippen molar-refractivity contribution >= 4 is 34.7 Å². The monoisotopic (exact) mass is 379 g/mol. The molecule has 146 valence electrons. The van der Waals surface area contributed by atoms with Crippen LogP contribution in [0.4, 0.5) is 17.7 Å². The van der Waals surface area contributed by atoms with E-state index >= 15 is 0 Å². The van der Waals surface area contributed by atoms with Crippen LogP contribution in [-0.4, -0.2) is 50.0 Å². The number of anilines is 3. The van der Waals surface area contributed by atoms with Gasteiger partial charge < -0.3 is 14.8 Å². The van der Waals surface area contributed by atoms with Gasteiger partial charge in [0.05, 0.1) is 11.0 Å². The number of likely N-dealkylation sites (tertiary alicyclic amines) is 1. The third-order valence-electron chi connectivity index (χ3n) is 5.05. The van der Waals surface area contributed by atoms with Crippen LogP contribution in [0.25, 0.3) is 11.0 Å². The Balaban J connectivity index is 1.40. The number of carbonyl (C=O) groups is 1. The number of para-hydroxylation sites is 2. The molecule has 1 aliphatic heterocycles. The van der Waals surface area contributed by atoms with Gasteiger partial charge in [0.25, 0.3) is 0 Å². The minimum absolute atomic E-state index is 0.271. The summed E-state index contributed by atoms with van der Waals surface area (Å²) in [6, 6.07) is 7.98. The molecule has 0 spiro atoms. The van der Waals surface area contributed by atoms with Crippen molar-refractivity contribution < 1.29 is 4.79 Å². The van der Waals surface area contributed by atoms with E-state index < -0.39 is 0 Å². The van der Waals surface area contributed by atoms with Gasteiger partial charge in [0.15, 0.2) is 0 Å². The van der Waals surface area contributed by atoms with Crippen molar-refractivity contribution in [3.05, 3.63) is 36.0 Å². The molecule has 0 bridgehead atoms. The number of aromatic nitrogens is 4. The van der Waals surface area contributed by atoms with E-state index in [1.165, 1.54) is 0 Å². The first-order valence-electron chi connectivity index (χ1n) is 9.65. The SMILES string of the molecule is Cc1cnc(Nc2nc3ccccc3n2C)nc1NCCCN1CCCC1=O. The zero-order valence-electron chi connectivity index (χ0n) is 16.3. The van der Waals surface area contributed by atoms with Gasteiger partial charge in [-0.2, -0.15) is 4.98 Å². The summed E-state index contributed by atoms with van der Waals surface area (Å²) >= 11 is 0. The zero-order valence-corrected chi connectivity index (χ0v) is 16.3. The molecule has 28 heavy (non-hydrogen) atoms. The predicted molar refractivity (Wildman–Crippen MR) is 110 cm³/mol. The number of carbonyl (C=O) groups excluding carboxylic acids is 1. The second kappa shape index (κ2) is 7.84. The lowest BCUT2D eigenvalue weighted by molar-refractivity contribution is -0.127. The Morgan fingerprint density at radius 1 is 1.21 bits per heavy atom. The van der Waals surface area contributed by atoms with Crippen molar-refractivity contribution in [2.75, 3.05) is 30.3 Å². The van der Waals surface area contributed by atoms with Crippen molar-refractivity contribution in [1.82, 2.24) is 24.4 Å². The third kappa shape index (κ3) is 3.76. The maximum absolute atomic E-state index is 11.7. The minimum Gasteiger partial charge on any atom is -0.370 e. The molecule has 8 heteroatoms. The molecule has 0 unspecified atom stereocenters. The van der Waals surface area contributed by atoms with Crippen molar-refractivity contribution in [1.29, 1.82) is 0 Å². The second-order valence-corrected chi connectivity index (χ2v) is 7.10. The molecule has 8 nitrogen and oxygen atoms in total. The molecule has 4 rings (SSSR count). The van der Waals surface area contributed by atoms with E-state index in [0.29, 0.717) is 18.3 Å². The highest BCUT2D eigenvalue weighted by atomic mass is 16.2. The lowest BCUT2D eigenvalue weighted by Crippen LogP contribution is -2.27. The van der Waals surface area contributed by atoms with Gasteiger partial charge in [-0.05, 0) is 31.9 Å². The normalized spacial score (nSPS) is 14.1. The third-order valence-corrected chi connectivity index (χ3v) is 5.05. The maximum atomic E-state index is 11.7. The van der Waals surface area contributed by atoms with Crippen LogP contribution in [0, 0.1) is 6.92 Å². The number of fused-ring (bicyclic) bond motifs is 1. The molecule has 3 aromatic rings. The molecule has 1 saturated heterocycles. The molecule has 2 N–H and O–H groups in total. The predicted octanol–water partition coefficient (Wildman–Crippen LogP) is 2.84. The summed E-state index contributed by atoms with van der Waals surface area (Å²) < 4.78 is 1.98. The number of hydrogen-bond donors (Lipinski definition) is 2. The lowest BCUT2D eigenvalue weighted by Gasteiger charge is -2.16. The number of amides is 1. The summed E-state index contributed by atoms with van der Waals surface area (Å²) in [5.74, 6) is 2.26. The van der Waals surface area contributed by atoms with Crippen molar-refractivity contribution in [3.8, 4) is 0 Å². The fraction of sp³-hybridized carbons (Fsp3) is 0.400. The van der Waals surface area contributed by atoms with Crippen LogP contribution in [-0.2, 0) is 11.8 Å². The molecule has 0 atom stereocenters. The largest absolute Gasteiger partial charge is 0.370 e. The fourth-order valence-electron chi connectivity index (χ4n) is 3.46. The molecule has 1 aromatic carbocycles. The van der Waals surface area contributed by atoms with Crippen LogP contribution in [0.3, 0.4) is 0 Å². The summed E-state index contributed by atoms with van der Waals surface area (Å²) in [5, 5.41) is 6.57. The average molecular weight is 379 g/mol. The number of nitrogens with zero attached hydrogens (tertiary/aromatic N) is 5. The maximum Gasteiger partial charge on any atom is 0.231 e. The molecule has 0 saturated carbocycles. The van der Waals surface area contributed by atoms with Gasteiger partial charge in [0, 0.05) is 44.9 Å². The standard InChI is InChI=1S/C20H25N7O/c1-14-13-22-19(25-20-23-15-7-3-4-8-16(15)26(20)2)24-18(14)21-10-6-12-27-11-5-9-17(27)28/h3-4,7-8,13H,5-6,9-12H2,1-2H3,(H2,21,22,23,24,25). The Morgan fingerprint density at radius 2 is 2.07 bits per heavy atom. The summed E-state index contributed by atoms with van der Waals surface area (Å²) in [6.45, 7) is 4.41. The summed E-state index contributed by atoms with van der Waals surface area (Å²) in [6.07, 6.45) is 4.36. The highest BCUT2D eigenvalue weighted by Crippen LogP contribution is 2.21. The van der Waals surface area contributed by atoms with Gasteiger partial charge in [-0.1, -0.05) is 12.1 Å². The first kappa shape index (κ1) is 18.2. The summed E-state index contributed by atoms with van der Waals surface area (Å²) in [7, 11) is 1.96. The number of imidazole rings is 1. The van der Waals surface area contributed by atoms with Gasteiger partial charge in [0.1, 0.15) is 5.82 Å². The van der Waals surface area contributed by atoms with Crippen molar-refractivity contribution in [2.24, 2.45) is 7.05 Å². The van der Waals surface area contributed by atoms with E-state index in [9.17, 15) is 4.79 Å². The molecule has 0 aliphatic carbocycles. The fourth-order valence-corrected chi connectivity index (χ4v) is 3.46. The van der Waals surface area contributed by atoms with E-state index in [1.54, 1.807) is 6.20 Å². The number of rotatable bonds is 7. The molecule has 0 radical (unpaired) electrons. The minimum atomic E-state index is 0.271. The number of hydrogen-bond acceptors (Lipinski definition) is 6. The van der Waals surface area contributed by atoms with Crippen LogP contribution < -0.4 is 10.6 Å². The van der Waals surface area contributed by atoms with Crippen LogP contribution in [0.15, 0.2) is 30.5 Å². The van der Waals surface area contributed by atoms with E-state index in [4.69, 9.17) is 0 Å². The molecular weight excluding hydrogens is 354 g/mol. The highest BCUT2D eigenvalue weighted by Gasteiger charge is 2.19. The van der Waals surface area contributed by atoms with Crippen LogP contribution in [0.1, 0.15) is 24.8 Å². The Kier molecular flexibility index (Phi) is 5.10. The molecule has 2 aromatic heterocycles. The average Bonchev–Trinajstić information content (AvgIpc) is 3.25. The first-order chi connectivity index (χ1) is 13.6. The van der Waals surface area contributed by atoms with Gasteiger partial charge in [0.2, 0.25) is 17.8 Å². The van der Waals surface area contributed by atoms with Crippen molar-refractivity contribution in [3.63, 3.8) is 0 Å². The topological polar surface area (TPSA) is 88.0 Å². The van der Waals surface area contributed by atoms with Gasteiger partial charge in [-0.15, -0.1) is 0 Å².